The Morgan fingerprint density at radius 1 is 0.623 bits per heavy atom. The third-order valence-corrected chi connectivity index (χ3v) is 10.8. The van der Waals surface area contributed by atoms with Gasteiger partial charge in [-0.3, -0.25) is 4.79 Å². The summed E-state index contributed by atoms with van der Waals surface area (Å²) in [6.45, 7) is 0.579. The number of aromatic hydroxyl groups is 2. The summed E-state index contributed by atoms with van der Waals surface area (Å²) in [4.78, 5) is 19.5. The molecule has 0 spiro atoms. The van der Waals surface area contributed by atoms with Crippen LogP contribution in [-0.4, -0.2) is 74.6 Å². The van der Waals surface area contributed by atoms with Crippen molar-refractivity contribution in [3.8, 4) is 98.2 Å². The van der Waals surface area contributed by atoms with E-state index in [2.05, 4.69) is 41.4 Å². The molecule has 24 nitrogen and oxygen atoms in total. The molecule has 1 amide bonds. The Kier molecular flexibility index (Phi) is 16.8. The van der Waals surface area contributed by atoms with Gasteiger partial charge in [-0.2, -0.15) is 20.5 Å². The highest BCUT2D eigenvalue weighted by molar-refractivity contribution is 9.08. The average molecular weight is 1120 g/mol. The highest BCUT2D eigenvalue weighted by atomic mass is 79.9. The van der Waals surface area contributed by atoms with Crippen molar-refractivity contribution in [2.75, 3.05) is 27.2 Å². The minimum atomic E-state index is -1.24. The zero-order valence-corrected chi connectivity index (χ0v) is 40.8. The molecule has 12 rings (SSSR count). The van der Waals surface area contributed by atoms with Gasteiger partial charge >= 0.3 is 0 Å². The molecule has 0 atom stereocenters. The van der Waals surface area contributed by atoms with Crippen LogP contribution in [0.3, 0.4) is 0 Å². The van der Waals surface area contributed by atoms with Crippen molar-refractivity contribution in [2.45, 2.75) is 11.9 Å². The van der Waals surface area contributed by atoms with Gasteiger partial charge in [0.05, 0.1) is 28.6 Å². The summed E-state index contributed by atoms with van der Waals surface area (Å²) in [7, 11) is 0. The molecule has 27 heteroatoms. The molecule has 2 aromatic heterocycles. The maximum Gasteiger partial charge on any atom is 0.264 e. The first-order valence-electron chi connectivity index (χ1n) is 21.9. The van der Waals surface area contributed by atoms with Gasteiger partial charge in [-0.1, -0.05) is 31.4 Å². The zero-order valence-electron chi connectivity index (χ0n) is 39.2. The van der Waals surface area contributed by atoms with E-state index in [0.717, 1.165) is 23.4 Å². The summed E-state index contributed by atoms with van der Waals surface area (Å²) in [6.07, 6.45) is 0. The number of carbonyl (C=O) groups is 1. The van der Waals surface area contributed by atoms with Crippen LogP contribution >= 0.6 is 15.9 Å². The second-order valence-corrected chi connectivity index (χ2v) is 15.8. The fraction of sp³-hybridized carbons (Fsp3) is 0.120. The van der Waals surface area contributed by atoms with Gasteiger partial charge in [0.25, 0.3) is 11.8 Å². The molecule has 392 valence electrons. The van der Waals surface area contributed by atoms with Crippen molar-refractivity contribution >= 4 is 27.7 Å². The summed E-state index contributed by atoms with van der Waals surface area (Å²) < 4.78 is 84.2. The minimum Gasteiger partial charge on any atom is -0.504 e. The number of oxime groups is 1. The lowest BCUT2D eigenvalue weighted by atomic mass is 10.1. The minimum absolute atomic E-state index is 0.0482. The van der Waals surface area contributed by atoms with E-state index in [4.69, 9.17) is 89.1 Å². The van der Waals surface area contributed by atoms with Gasteiger partial charge in [0.1, 0.15) is 11.4 Å². The number of alkyl halides is 1. The molecule has 0 unspecified atom stereocenters. The molecule has 6 aromatic carbocycles. The number of amidine groups is 1. The molecule has 0 saturated heterocycles. The van der Waals surface area contributed by atoms with Gasteiger partial charge in [0.2, 0.25) is 44.7 Å². The van der Waals surface area contributed by atoms with Crippen molar-refractivity contribution in [2.24, 2.45) is 16.6 Å². The zero-order chi connectivity index (χ0) is 54.4. The van der Waals surface area contributed by atoms with Crippen molar-refractivity contribution in [3.05, 3.63) is 149 Å². The number of hydrogen-bond acceptors (Lipinski definition) is 22. The van der Waals surface area contributed by atoms with Gasteiger partial charge in [-0.05, 0) is 91.0 Å². The number of aromatic nitrogens is 4. The van der Waals surface area contributed by atoms with Gasteiger partial charge in [0.15, 0.2) is 81.5 Å². The van der Waals surface area contributed by atoms with E-state index < -0.39 is 23.1 Å². The van der Waals surface area contributed by atoms with E-state index in [9.17, 15) is 13.6 Å². The second-order valence-electron chi connectivity index (χ2n) is 15.2. The summed E-state index contributed by atoms with van der Waals surface area (Å²) in [5.74, 6) is 2.40. The van der Waals surface area contributed by atoms with Crippen LogP contribution in [0.2, 0.25) is 0 Å². The predicted molar refractivity (Wildman–Crippen MR) is 260 cm³/mol. The summed E-state index contributed by atoms with van der Waals surface area (Å²) >= 11 is 3.25. The summed E-state index contributed by atoms with van der Waals surface area (Å²) in [5, 5.41) is 54.0. The van der Waals surface area contributed by atoms with E-state index in [0.29, 0.717) is 79.5 Å². The highest BCUT2D eigenvalue weighted by Gasteiger charge is 2.22. The Morgan fingerprint density at radius 3 is 1.62 bits per heavy atom. The van der Waals surface area contributed by atoms with Gasteiger partial charge in [-0.25, -0.2) is 8.78 Å². The SMILES string of the molecule is BrCc1nc(-c2ccc3c(c2)OCO3)no1.N#Cc1ccc(O)c(O)c1.N#Cc1ccc2c(c1)OCO2.N/C(=N\O)c1ccc2c(c1)OCO2.NC(=O)c1c(F)ccc(OCc2nc(-c3ccc4c(c3)OCO4)no2)c1F. The Hall–Kier alpha value is -10.5. The number of hydrogen-bond donors (Lipinski definition) is 5. The Balaban J connectivity index is 0.000000135. The van der Waals surface area contributed by atoms with Gasteiger partial charge in [0, 0.05) is 28.8 Å². The first kappa shape index (κ1) is 52.8. The van der Waals surface area contributed by atoms with Gasteiger partial charge in [-0.15, -0.1) is 0 Å². The molecule has 0 fully saturated rings. The van der Waals surface area contributed by atoms with Crippen LogP contribution in [0.4, 0.5) is 8.78 Å². The molecule has 77 heavy (non-hydrogen) atoms. The lowest BCUT2D eigenvalue weighted by Crippen LogP contribution is -2.16. The largest absolute Gasteiger partial charge is 0.504 e. The standard InChI is InChI=1S/C17H11F2N3O5.C10H7BrN2O3.C8H8N2O3.C8H5NO2.C7H5NO2/c18-9-2-4-11(15(19)14(9)16(20)23)24-6-13-21-17(22-27-13)8-1-3-10-12(5-8)26-7-25-10;11-4-9-12-10(13-16-9)6-1-2-7-8(3-6)15-5-14-7;9-8(10-11)5-1-2-6-7(3-5)13-4-12-6;9-4-6-1-2-7-8(3-6)11-5-10-7;8-4-5-1-2-6(9)7(10)3-5/h1-5H,6-7H2,(H2,20,23);1-3H,4-5H2;1-3,11H,4H2,(H2,9,10);1-3H,5H2;1-3,9-10H. The number of phenolic OH excluding ortho intramolecular Hbond substituents is 2. The van der Waals surface area contributed by atoms with Crippen molar-refractivity contribution < 1.29 is 80.7 Å². The average Bonchev–Trinajstić information content (AvgIpc) is 4.32. The molecule has 0 bridgehead atoms. The quantitative estimate of drug-likeness (QED) is 0.0245. The van der Waals surface area contributed by atoms with Crippen LogP contribution in [0.5, 0.6) is 63.2 Å². The Labute approximate surface area is 440 Å². The maximum atomic E-state index is 14.1. The third kappa shape index (κ3) is 13.0. The smallest absolute Gasteiger partial charge is 0.264 e. The number of carbonyl (C=O) groups excluding carboxylic acids is 1. The number of nitriles is 2. The topological polar surface area (TPSA) is 351 Å². The Bertz CT molecular complexity index is 3570. The molecule has 4 aliphatic rings. The number of ether oxygens (including phenoxy) is 9. The van der Waals surface area contributed by atoms with Crippen LogP contribution in [0, 0.1) is 34.3 Å². The summed E-state index contributed by atoms with van der Waals surface area (Å²) in [5.41, 5.74) is 12.5. The molecule has 4 aliphatic heterocycles. The number of halogens is 3. The molecule has 0 aliphatic carbocycles. The van der Waals surface area contributed by atoms with E-state index in [1.807, 2.05) is 30.3 Å². The first-order valence-corrected chi connectivity index (χ1v) is 23.0. The molecule has 6 heterocycles. The molecular formula is C50H36BrF2N9O15. The number of rotatable bonds is 8. The fourth-order valence-electron chi connectivity index (χ4n) is 6.61. The molecule has 8 aromatic rings. The van der Waals surface area contributed by atoms with Gasteiger partial charge < -0.3 is 78.6 Å². The number of nitrogens with two attached hydrogens (primary N) is 2. The molecule has 0 saturated carbocycles. The third-order valence-electron chi connectivity index (χ3n) is 10.3. The first-order chi connectivity index (χ1) is 37.3. The van der Waals surface area contributed by atoms with Crippen LogP contribution in [0.15, 0.2) is 117 Å². The van der Waals surface area contributed by atoms with Crippen LogP contribution < -0.4 is 54.1 Å². The Morgan fingerprint density at radius 2 is 1.10 bits per heavy atom. The number of nitrogens with zero attached hydrogens (tertiary/aromatic N) is 7. The second kappa shape index (κ2) is 24.5. The number of phenols is 2. The molecular weight excluding hydrogens is 1080 g/mol. The number of benzene rings is 6. The normalized spacial score (nSPS) is 12.4. The van der Waals surface area contributed by atoms with Crippen LogP contribution in [0.1, 0.15) is 38.8 Å². The summed E-state index contributed by atoms with van der Waals surface area (Å²) in [6, 6.07) is 30.5. The predicted octanol–water partition coefficient (Wildman–Crippen LogP) is 7.55. The highest BCUT2D eigenvalue weighted by Crippen LogP contribution is 2.37. The maximum absolute atomic E-state index is 14.1. The number of amides is 1. The number of fused-ring (bicyclic) bond motifs is 4. The van der Waals surface area contributed by atoms with Crippen LogP contribution in [0.25, 0.3) is 22.8 Å². The lowest BCUT2D eigenvalue weighted by molar-refractivity contribution is 0.0990. The van der Waals surface area contributed by atoms with Crippen molar-refractivity contribution in [1.29, 1.82) is 10.5 Å². The molecule has 0 radical (unpaired) electrons. The number of primary amides is 1. The van der Waals surface area contributed by atoms with Crippen molar-refractivity contribution in [1.82, 2.24) is 20.3 Å². The van der Waals surface area contributed by atoms with E-state index >= 15 is 0 Å². The van der Waals surface area contributed by atoms with E-state index in [1.165, 1.54) is 18.2 Å². The monoisotopic (exact) mass is 1120 g/mol. The van der Waals surface area contributed by atoms with Crippen molar-refractivity contribution in [3.63, 3.8) is 0 Å². The van der Waals surface area contributed by atoms with Crippen LogP contribution in [-0.2, 0) is 11.9 Å². The lowest BCUT2D eigenvalue weighted by Gasteiger charge is -2.07. The van der Waals surface area contributed by atoms with E-state index in [1.54, 1.807) is 54.6 Å². The van der Waals surface area contributed by atoms with E-state index in [-0.39, 0.29) is 68.6 Å². The fourth-order valence-corrected chi connectivity index (χ4v) is 6.84. The molecule has 7 N–H and O–H groups in total.